The number of aliphatic hydroxyl groups excluding tert-OH is 1. The first-order valence-electron chi connectivity index (χ1n) is 13.7. The lowest BCUT2D eigenvalue weighted by atomic mass is 9.82. The van der Waals surface area contributed by atoms with Gasteiger partial charge in [0.25, 0.3) is 5.91 Å². The fourth-order valence-electron chi connectivity index (χ4n) is 4.79. The van der Waals surface area contributed by atoms with Crippen LogP contribution < -0.4 is 15.6 Å². The van der Waals surface area contributed by atoms with Crippen LogP contribution in [-0.2, 0) is 22.5 Å². The molecule has 2 atom stereocenters. The van der Waals surface area contributed by atoms with Gasteiger partial charge in [0.15, 0.2) is 11.6 Å². The Balaban J connectivity index is 1.50. The maximum Gasteiger partial charge on any atom is 0.266 e. The molecule has 0 unspecified atom stereocenters. The number of aliphatic hydroxyl groups is 1. The minimum atomic E-state index is -1.33. The van der Waals surface area contributed by atoms with Crippen molar-refractivity contribution in [2.24, 2.45) is 4.99 Å². The van der Waals surface area contributed by atoms with Crippen molar-refractivity contribution >= 4 is 39.3 Å². The van der Waals surface area contributed by atoms with Crippen molar-refractivity contribution in [2.45, 2.75) is 31.0 Å². The Morgan fingerprint density at radius 1 is 0.952 bits per heavy atom. The number of hydrazine groups is 1. The van der Waals surface area contributed by atoms with Gasteiger partial charge in [0.1, 0.15) is 5.75 Å². The van der Waals surface area contributed by atoms with E-state index in [4.69, 9.17) is 31.2 Å². The fraction of sp³-hybridized carbons (Fsp3) is 0.212. The number of carbonyl (C=O) groups excluding carboxylic acids is 1. The summed E-state index contributed by atoms with van der Waals surface area (Å²) in [6.45, 7) is 0.888. The predicted octanol–water partition coefficient (Wildman–Crippen LogP) is 6.18. The Kier molecular flexibility index (Phi) is 9.92. The third kappa shape index (κ3) is 7.02. The summed E-state index contributed by atoms with van der Waals surface area (Å²) in [5.74, 6) is 0.717. The van der Waals surface area contributed by atoms with Crippen LogP contribution in [0.25, 0.3) is 0 Å². The van der Waals surface area contributed by atoms with Crippen LogP contribution in [0.15, 0.2) is 113 Å². The highest BCUT2D eigenvalue weighted by atomic mass is 79.9. The standard InChI is InChI=1S/C33H31BrClN3O4/c34-29-10-5-4-9-28(29)30-33(21-23-7-2-1-3-8-23,32(40)38-36-22-24-11-15-26(35)16-12-24)37-31(42-30)25-13-17-27(18-14-25)41-20-6-19-39/h1-5,7-18,30,36,39H,6,19-22H2,(H,38,40)/t30-,33-/m0/s1. The zero-order valence-corrected chi connectivity index (χ0v) is 25.1. The second kappa shape index (κ2) is 14.0. The molecule has 0 saturated carbocycles. The lowest BCUT2D eigenvalue weighted by Gasteiger charge is -2.31. The zero-order valence-electron chi connectivity index (χ0n) is 22.8. The van der Waals surface area contributed by atoms with E-state index in [2.05, 4.69) is 26.8 Å². The lowest BCUT2D eigenvalue weighted by Crippen LogP contribution is -2.53. The molecule has 1 heterocycles. The highest BCUT2D eigenvalue weighted by Gasteiger charge is 2.53. The van der Waals surface area contributed by atoms with Crippen molar-refractivity contribution in [1.29, 1.82) is 0 Å². The van der Waals surface area contributed by atoms with Gasteiger partial charge in [-0.15, -0.1) is 0 Å². The molecule has 42 heavy (non-hydrogen) atoms. The van der Waals surface area contributed by atoms with E-state index in [0.717, 1.165) is 26.7 Å². The van der Waals surface area contributed by atoms with Crippen LogP contribution >= 0.6 is 27.5 Å². The smallest absolute Gasteiger partial charge is 0.266 e. The number of ether oxygens (including phenoxy) is 2. The Hall–Kier alpha value is -3.69. The van der Waals surface area contributed by atoms with E-state index in [0.29, 0.717) is 42.7 Å². The molecule has 0 aliphatic carbocycles. The topological polar surface area (TPSA) is 92.2 Å². The number of rotatable bonds is 12. The van der Waals surface area contributed by atoms with E-state index in [1.165, 1.54) is 0 Å². The number of hydrogen-bond acceptors (Lipinski definition) is 6. The van der Waals surface area contributed by atoms with Gasteiger partial charge in [-0.25, -0.2) is 10.4 Å². The third-order valence-electron chi connectivity index (χ3n) is 6.94. The second-order valence-electron chi connectivity index (χ2n) is 9.91. The molecule has 4 aromatic carbocycles. The van der Waals surface area contributed by atoms with Gasteiger partial charge in [-0.1, -0.05) is 88.2 Å². The zero-order chi connectivity index (χ0) is 29.4. The largest absolute Gasteiger partial charge is 0.494 e. The van der Waals surface area contributed by atoms with Crippen molar-refractivity contribution in [3.8, 4) is 5.75 Å². The number of benzene rings is 4. The molecule has 7 nitrogen and oxygen atoms in total. The Labute approximate surface area is 258 Å². The van der Waals surface area contributed by atoms with Crippen molar-refractivity contribution in [3.05, 3.63) is 135 Å². The van der Waals surface area contributed by atoms with Gasteiger partial charge < -0.3 is 14.6 Å². The average Bonchev–Trinajstić information content (AvgIpc) is 3.39. The average molecular weight is 649 g/mol. The molecule has 0 aromatic heterocycles. The highest BCUT2D eigenvalue weighted by molar-refractivity contribution is 9.10. The van der Waals surface area contributed by atoms with Gasteiger partial charge in [-0.3, -0.25) is 10.2 Å². The summed E-state index contributed by atoms with van der Waals surface area (Å²) in [7, 11) is 0. The van der Waals surface area contributed by atoms with E-state index in [1.54, 1.807) is 0 Å². The van der Waals surface area contributed by atoms with E-state index in [1.807, 2.05) is 103 Å². The maximum absolute atomic E-state index is 14.3. The molecule has 1 amide bonds. The second-order valence-corrected chi connectivity index (χ2v) is 11.2. The predicted molar refractivity (Wildman–Crippen MR) is 167 cm³/mol. The van der Waals surface area contributed by atoms with Crippen molar-refractivity contribution in [1.82, 2.24) is 10.9 Å². The SMILES string of the molecule is O=C(NNCc1ccc(Cl)cc1)[C@@]1(Cc2ccccc2)N=C(c2ccc(OCCCO)cc2)O[C@H]1c1ccccc1Br. The van der Waals surface area contributed by atoms with Crippen LogP contribution in [0.2, 0.25) is 5.02 Å². The normalized spacial score (nSPS) is 17.8. The molecule has 216 valence electrons. The Bertz CT molecular complexity index is 1520. The first kappa shape index (κ1) is 29.8. The molecule has 1 aliphatic rings. The maximum atomic E-state index is 14.3. The van der Waals surface area contributed by atoms with Gasteiger partial charge in [-0.2, -0.15) is 0 Å². The summed E-state index contributed by atoms with van der Waals surface area (Å²) in [6, 6.07) is 32.3. The van der Waals surface area contributed by atoms with Crippen molar-refractivity contribution in [2.75, 3.05) is 13.2 Å². The number of nitrogens with zero attached hydrogens (tertiary/aromatic N) is 1. The minimum absolute atomic E-state index is 0.0687. The highest BCUT2D eigenvalue weighted by Crippen LogP contribution is 2.44. The molecular weight excluding hydrogens is 618 g/mol. The van der Waals surface area contributed by atoms with E-state index < -0.39 is 11.6 Å². The van der Waals surface area contributed by atoms with E-state index >= 15 is 0 Å². The summed E-state index contributed by atoms with van der Waals surface area (Å²) >= 11 is 9.70. The Morgan fingerprint density at radius 2 is 1.67 bits per heavy atom. The molecule has 5 rings (SSSR count). The first-order chi connectivity index (χ1) is 20.5. The quantitative estimate of drug-likeness (QED) is 0.126. The van der Waals surface area contributed by atoms with Gasteiger partial charge in [-0.05, 0) is 53.6 Å². The van der Waals surface area contributed by atoms with E-state index in [-0.39, 0.29) is 12.5 Å². The number of amides is 1. The number of nitrogens with one attached hydrogen (secondary N) is 2. The van der Waals surface area contributed by atoms with Crippen LogP contribution in [0.4, 0.5) is 0 Å². The molecule has 0 spiro atoms. The molecule has 0 radical (unpaired) electrons. The molecule has 4 aromatic rings. The van der Waals surface area contributed by atoms with Gasteiger partial charge in [0.05, 0.1) is 6.61 Å². The van der Waals surface area contributed by atoms with Gasteiger partial charge >= 0.3 is 0 Å². The molecular formula is C33H31BrClN3O4. The number of halogens is 2. The van der Waals surface area contributed by atoms with Gasteiger partial charge in [0.2, 0.25) is 5.90 Å². The summed E-state index contributed by atoms with van der Waals surface area (Å²) in [5.41, 5.74) is 8.09. The number of aliphatic imine (C=N–C) groups is 1. The van der Waals surface area contributed by atoms with Gasteiger partial charge in [0, 0.05) is 46.6 Å². The molecule has 0 fully saturated rings. The fourth-order valence-corrected chi connectivity index (χ4v) is 5.41. The monoisotopic (exact) mass is 647 g/mol. The van der Waals surface area contributed by atoms with Crippen molar-refractivity contribution in [3.63, 3.8) is 0 Å². The van der Waals surface area contributed by atoms with Crippen molar-refractivity contribution < 1.29 is 19.4 Å². The number of carbonyl (C=O) groups is 1. The molecule has 3 N–H and O–H groups in total. The lowest BCUT2D eigenvalue weighted by molar-refractivity contribution is -0.130. The van der Waals surface area contributed by atoms with Crippen LogP contribution in [0.3, 0.4) is 0 Å². The third-order valence-corrected chi connectivity index (χ3v) is 7.92. The summed E-state index contributed by atoms with van der Waals surface area (Å²) < 4.78 is 13.1. The molecule has 0 bridgehead atoms. The molecule has 9 heteroatoms. The summed E-state index contributed by atoms with van der Waals surface area (Å²) in [4.78, 5) is 19.3. The minimum Gasteiger partial charge on any atom is -0.494 e. The van der Waals surface area contributed by atoms with E-state index in [9.17, 15) is 4.79 Å². The number of hydrogen-bond donors (Lipinski definition) is 3. The molecule has 0 saturated heterocycles. The van der Waals surface area contributed by atoms with Crippen LogP contribution in [-0.4, -0.2) is 35.7 Å². The Morgan fingerprint density at radius 3 is 2.38 bits per heavy atom. The summed E-state index contributed by atoms with van der Waals surface area (Å²) in [5, 5.41) is 9.68. The first-order valence-corrected chi connectivity index (χ1v) is 14.8. The van der Waals surface area contributed by atoms with Crippen LogP contribution in [0.5, 0.6) is 5.75 Å². The van der Waals surface area contributed by atoms with Crippen LogP contribution in [0, 0.1) is 0 Å². The molecule has 1 aliphatic heterocycles. The van der Waals surface area contributed by atoms with Crippen LogP contribution in [0.1, 0.15) is 34.8 Å². The summed E-state index contributed by atoms with van der Waals surface area (Å²) in [6.07, 6.45) is 0.134.